The number of aryl methyl sites for hydroxylation is 2. The molecule has 1 amide bonds. The van der Waals surface area contributed by atoms with Gasteiger partial charge >= 0.3 is 5.97 Å². The molecule has 3 heterocycles. The summed E-state index contributed by atoms with van der Waals surface area (Å²) >= 11 is 0. The van der Waals surface area contributed by atoms with E-state index in [0.29, 0.717) is 61.9 Å². The zero-order valence-corrected chi connectivity index (χ0v) is 27.7. The molecule has 2 aromatic carbocycles. The average molecular weight is 670 g/mol. The maximum atomic E-state index is 14.2. The number of amides is 1. The van der Waals surface area contributed by atoms with E-state index in [1.807, 2.05) is 35.0 Å². The summed E-state index contributed by atoms with van der Waals surface area (Å²) in [6.07, 6.45) is 5.72. The smallest absolute Gasteiger partial charge is 0.305 e. The number of nitrogens with one attached hydrogen (secondary N) is 2. The highest BCUT2D eigenvalue weighted by Gasteiger charge is 2.23. The van der Waals surface area contributed by atoms with E-state index in [2.05, 4.69) is 32.4 Å². The summed E-state index contributed by atoms with van der Waals surface area (Å²) in [5, 5.41) is 15.4. The molecule has 1 fully saturated rings. The van der Waals surface area contributed by atoms with Gasteiger partial charge in [-0.15, -0.1) is 0 Å². The molecule has 13 heteroatoms. The molecule has 0 saturated carbocycles. The summed E-state index contributed by atoms with van der Waals surface area (Å²) < 4.78 is 32.8. The van der Waals surface area contributed by atoms with E-state index in [9.17, 15) is 14.0 Å². The number of carbonyl (C=O) groups is 2. The van der Waals surface area contributed by atoms with Gasteiger partial charge in [-0.2, -0.15) is 10.2 Å². The van der Waals surface area contributed by atoms with Crippen LogP contribution in [-0.4, -0.2) is 64.2 Å². The van der Waals surface area contributed by atoms with Crippen LogP contribution in [0.15, 0.2) is 67.1 Å². The number of carbonyl (C=O) groups excluding carboxylic acids is 2. The standard InChI is InChI=1S/C36H40FN7O5/c1-3-44-24-39-20-28(44)21-40-32-18-25(9-12-36(46)47-2)8-11-31(32)41-33(45)22-43-15-13-29(14-16-43)49-35-6-4-5-34(42-35)48-23-27-10-7-26(19-38)17-30(27)37/h4-8,10-11,17-18,20,24,29,40H,3,9,12-16,21-23H2,1-2H3,(H,41,45). The molecule has 5 rings (SSSR count). The van der Waals surface area contributed by atoms with Crippen LogP contribution >= 0.6 is 0 Å². The van der Waals surface area contributed by atoms with Crippen LogP contribution in [0, 0.1) is 17.1 Å². The molecular weight excluding hydrogens is 629 g/mol. The normalized spacial score (nSPS) is 13.3. The molecule has 256 valence electrons. The number of nitriles is 1. The quantitative estimate of drug-likeness (QED) is 0.164. The van der Waals surface area contributed by atoms with Crippen molar-refractivity contribution in [3.63, 3.8) is 0 Å². The number of benzene rings is 2. The highest BCUT2D eigenvalue weighted by Crippen LogP contribution is 2.26. The lowest BCUT2D eigenvalue weighted by molar-refractivity contribution is -0.140. The third kappa shape index (κ3) is 10.0. The van der Waals surface area contributed by atoms with Crippen LogP contribution in [0.4, 0.5) is 15.8 Å². The first-order valence-corrected chi connectivity index (χ1v) is 16.2. The molecule has 2 aromatic heterocycles. The average Bonchev–Trinajstić information content (AvgIpc) is 3.58. The molecule has 0 spiro atoms. The maximum Gasteiger partial charge on any atom is 0.305 e. The van der Waals surface area contributed by atoms with E-state index in [0.717, 1.165) is 23.5 Å². The number of nitrogens with zero attached hydrogens (tertiary/aromatic N) is 5. The second-order valence-corrected chi connectivity index (χ2v) is 11.6. The Labute approximate surface area is 284 Å². The van der Waals surface area contributed by atoms with Gasteiger partial charge in [0.15, 0.2) is 0 Å². The minimum atomic E-state index is -0.509. The second kappa shape index (κ2) is 17.1. The number of aromatic nitrogens is 3. The van der Waals surface area contributed by atoms with Gasteiger partial charge in [0, 0.05) is 49.9 Å². The molecule has 1 saturated heterocycles. The van der Waals surface area contributed by atoms with Crippen LogP contribution in [0.1, 0.15) is 48.6 Å². The number of pyridine rings is 1. The first-order valence-electron chi connectivity index (χ1n) is 16.2. The summed E-state index contributed by atoms with van der Waals surface area (Å²) in [7, 11) is 1.37. The predicted octanol–water partition coefficient (Wildman–Crippen LogP) is 5.09. The van der Waals surface area contributed by atoms with Gasteiger partial charge in [-0.25, -0.2) is 9.37 Å². The van der Waals surface area contributed by atoms with Crippen molar-refractivity contribution in [1.29, 1.82) is 5.26 Å². The minimum Gasteiger partial charge on any atom is -0.474 e. The molecule has 4 aromatic rings. The maximum absolute atomic E-state index is 14.2. The van der Waals surface area contributed by atoms with Gasteiger partial charge in [-0.3, -0.25) is 14.5 Å². The Kier molecular flexibility index (Phi) is 12.1. The molecule has 0 aliphatic carbocycles. The highest BCUT2D eigenvalue weighted by molar-refractivity contribution is 5.95. The molecular formula is C36H40FN7O5. The van der Waals surface area contributed by atoms with Gasteiger partial charge in [-0.1, -0.05) is 18.2 Å². The second-order valence-electron chi connectivity index (χ2n) is 11.6. The molecule has 1 aliphatic rings. The summed E-state index contributed by atoms with van der Waals surface area (Å²) in [5.74, 6) is -0.206. The van der Waals surface area contributed by atoms with Crippen LogP contribution in [-0.2, 0) is 40.4 Å². The fourth-order valence-electron chi connectivity index (χ4n) is 5.49. The lowest BCUT2D eigenvalue weighted by Gasteiger charge is -2.31. The molecule has 0 unspecified atom stereocenters. The Bertz CT molecular complexity index is 1780. The number of halogens is 1. The Hall–Kier alpha value is -5.48. The number of methoxy groups -OCH3 is 1. The van der Waals surface area contributed by atoms with Gasteiger partial charge in [-0.05, 0) is 56.0 Å². The van der Waals surface area contributed by atoms with Crippen molar-refractivity contribution in [2.75, 3.05) is 37.4 Å². The van der Waals surface area contributed by atoms with Crippen LogP contribution < -0.4 is 20.1 Å². The molecule has 0 bridgehead atoms. The van der Waals surface area contributed by atoms with Gasteiger partial charge in [0.25, 0.3) is 0 Å². The molecule has 12 nitrogen and oxygen atoms in total. The van der Waals surface area contributed by atoms with Crippen LogP contribution in [0.3, 0.4) is 0 Å². The van der Waals surface area contributed by atoms with Crippen molar-refractivity contribution in [3.05, 3.63) is 95.3 Å². The number of hydrogen-bond donors (Lipinski definition) is 2. The van der Waals surface area contributed by atoms with E-state index in [4.69, 9.17) is 19.5 Å². The first kappa shape index (κ1) is 34.8. The van der Waals surface area contributed by atoms with Crippen LogP contribution in [0.25, 0.3) is 0 Å². The molecule has 0 radical (unpaired) electrons. The Morgan fingerprint density at radius 3 is 2.65 bits per heavy atom. The number of imidazole rings is 1. The van der Waals surface area contributed by atoms with Crippen LogP contribution in [0.2, 0.25) is 0 Å². The van der Waals surface area contributed by atoms with Crippen molar-refractivity contribution >= 4 is 23.3 Å². The Morgan fingerprint density at radius 1 is 1.08 bits per heavy atom. The Balaban J connectivity index is 1.12. The van der Waals surface area contributed by atoms with Gasteiger partial charge in [0.2, 0.25) is 17.7 Å². The van der Waals surface area contributed by atoms with Crippen molar-refractivity contribution in [2.24, 2.45) is 0 Å². The van der Waals surface area contributed by atoms with E-state index >= 15 is 0 Å². The molecule has 1 aliphatic heterocycles. The molecule has 2 N–H and O–H groups in total. The third-order valence-corrected chi connectivity index (χ3v) is 8.25. The van der Waals surface area contributed by atoms with E-state index in [-0.39, 0.29) is 43.1 Å². The van der Waals surface area contributed by atoms with E-state index < -0.39 is 5.82 Å². The lowest BCUT2D eigenvalue weighted by atomic mass is 10.1. The van der Waals surface area contributed by atoms with Crippen LogP contribution in [0.5, 0.6) is 11.8 Å². The Morgan fingerprint density at radius 2 is 1.90 bits per heavy atom. The van der Waals surface area contributed by atoms with Gasteiger partial charge in [0.1, 0.15) is 18.5 Å². The molecule has 49 heavy (non-hydrogen) atoms. The van der Waals surface area contributed by atoms with E-state index in [1.54, 1.807) is 30.6 Å². The first-order chi connectivity index (χ1) is 23.8. The SMILES string of the molecule is CCn1cncc1CNc1cc(CCC(=O)OC)ccc1NC(=O)CN1CCC(Oc2cccc(OCc3ccc(C#N)cc3F)n2)CC1. The summed E-state index contributed by atoms with van der Waals surface area (Å²) in [4.78, 5) is 35.6. The summed E-state index contributed by atoms with van der Waals surface area (Å²) in [6.45, 7) is 4.90. The third-order valence-electron chi connectivity index (χ3n) is 8.25. The molecule has 0 atom stereocenters. The predicted molar refractivity (Wildman–Crippen MR) is 180 cm³/mol. The number of likely N-dealkylation sites (tertiary alicyclic amines) is 1. The fourth-order valence-corrected chi connectivity index (χ4v) is 5.49. The number of hydrogen-bond acceptors (Lipinski definition) is 10. The van der Waals surface area contributed by atoms with Gasteiger partial charge < -0.3 is 29.4 Å². The number of esters is 1. The number of piperidine rings is 1. The lowest BCUT2D eigenvalue weighted by Crippen LogP contribution is -2.42. The monoisotopic (exact) mass is 669 g/mol. The van der Waals surface area contributed by atoms with Crippen molar-refractivity contribution in [1.82, 2.24) is 19.4 Å². The van der Waals surface area contributed by atoms with Crippen molar-refractivity contribution in [3.8, 4) is 17.8 Å². The topological polar surface area (TPSA) is 144 Å². The minimum absolute atomic E-state index is 0.0317. The van der Waals surface area contributed by atoms with Gasteiger partial charge in [0.05, 0.1) is 55.2 Å². The number of ether oxygens (including phenoxy) is 3. The van der Waals surface area contributed by atoms with Crippen molar-refractivity contribution in [2.45, 2.75) is 58.4 Å². The highest BCUT2D eigenvalue weighted by atomic mass is 19.1. The number of anilines is 2. The summed E-state index contributed by atoms with van der Waals surface area (Å²) in [6, 6.07) is 17.0. The van der Waals surface area contributed by atoms with E-state index in [1.165, 1.54) is 19.2 Å². The largest absolute Gasteiger partial charge is 0.474 e. The zero-order valence-electron chi connectivity index (χ0n) is 27.7. The fraction of sp³-hybridized carbons (Fsp3) is 0.361. The summed E-state index contributed by atoms with van der Waals surface area (Å²) in [5.41, 5.74) is 3.94. The van der Waals surface area contributed by atoms with Crippen molar-refractivity contribution < 1.29 is 28.2 Å². The zero-order chi connectivity index (χ0) is 34.6. The number of rotatable bonds is 15.